The number of nitrogens with zero attached hydrogens (tertiary/aromatic N) is 2. The molecule has 0 bridgehead atoms. The summed E-state index contributed by atoms with van der Waals surface area (Å²) < 4.78 is 0. The minimum atomic E-state index is -0.336. The second-order valence-corrected chi connectivity index (χ2v) is 6.95. The molecule has 1 saturated carbocycles. The van der Waals surface area contributed by atoms with E-state index in [-0.39, 0.29) is 5.54 Å². The molecular formula is C18H35N3. The molecule has 3 nitrogen and oxygen atoms in total. The summed E-state index contributed by atoms with van der Waals surface area (Å²) in [5.74, 6) is 0. The Balaban J connectivity index is 2.21. The van der Waals surface area contributed by atoms with Gasteiger partial charge in [-0.15, -0.1) is 0 Å². The molecular weight excluding hydrogens is 258 g/mol. The van der Waals surface area contributed by atoms with E-state index in [9.17, 15) is 5.26 Å². The van der Waals surface area contributed by atoms with Crippen LogP contribution in [-0.2, 0) is 0 Å². The van der Waals surface area contributed by atoms with E-state index in [1.54, 1.807) is 0 Å². The first-order chi connectivity index (χ1) is 10.1. The molecule has 0 radical (unpaired) electrons. The average Bonchev–Trinajstić information content (AvgIpc) is 2.78. The number of nitrogens with one attached hydrogen (secondary N) is 1. The summed E-state index contributed by atoms with van der Waals surface area (Å²) in [5.41, 5.74) is -0.336. The highest BCUT2D eigenvalue weighted by Gasteiger charge is 2.22. The SMILES string of the molecule is CCCNC(C)(C#N)CCCCN(C)C1CCCCCC1. The van der Waals surface area contributed by atoms with Crippen LogP contribution in [0, 0.1) is 11.3 Å². The third-order valence-electron chi connectivity index (χ3n) is 4.90. The number of hydrogen-bond acceptors (Lipinski definition) is 3. The van der Waals surface area contributed by atoms with E-state index in [0.29, 0.717) is 0 Å². The van der Waals surface area contributed by atoms with Crippen molar-refractivity contribution >= 4 is 0 Å². The smallest absolute Gasteiger partial charge is 0.103 e. The average molecular weight is 293 g/mol. The molecule has 0 heterocycles. The van der Waals surface area contributed by atoms with Gasteiger partial charge < -0.3 is 4.90 Å². The fraction of sp³-hybridized carbons (Fsp3) is 0.944. The maximum absolute atomic E-state index is 9.33. The van der Waals surface area contributed by atoms with Crippen molar-refractivity contribution in [2.75, 3.05) is 20.1 Å². The quantitative estimate of drug-likeness (QED) is 0.514. The Kier molecular flexibility index (Phi) is 8.96. The standard InChI is InChI=1S/C18H35N3/c1-4-14-20-18(2,16-19)13-9-10-15-21(3)17-11-7-5-6-8-12-17/h17,20H,4-15H2,1-3H3. The van der Waals surface area contributed by atoms with Crippen molar-refractivity contribution in [2.45, 2.75) is 89.6 Å². The first-order valence-corrected chi connectivity index (χ1v) is 8.98. The van der Waals surface area contributed by atoms with Crippen LogP contribution >= 0.6 is 0 Å². The fourth-order valence-electron chi connectivity index (χ4n) is 3.31. The summed E-state index contributed by atoms with van der Waals surface area (Å²) in [7, 11) is 2.29. The molecule has 1 aliphatic carbocycles. The number of hydrogen-bond donors (Lipinski definition) is 1. The molecule has 0 aromatic rings. The van der Waals surface area contributed by atoms with Crippen LogP contribution in [0.4, 0.5) is 0 Å². The maximum Gasteiger partial charge on any atom is 0.103 e. The van der Waals surface area contributed by atoms with Crippen molar-refractivity contribution in [1.29, 1.82) is 5.26 Å². The van der Waals surface area contributed by atoms with Gasteiger partial charge >= 0.3 is 0 Å². The van der Waals surface area contributed by atoms with Crippen molar-refractivity contribution in [3.8, 4) is 6.07 Å². The lowest BCUT2D eigenvalue weighted by Gasteiger charge is -2.28. The molecule has 1 rings (SSSR count). The van der Waals surface area contributed by atoms with Gasteiger partial charge in [0.2, 0.25) is 0 Å². The molecule has 122 valence electrons. The number of rotatable bonds is 9. The highest BCUT2D eigenvalue weighted by molar-refractivity contribution is 5.03. The molecule has 0 saturated heterocycles. The Hall–Kier alpha value is -0.590. The lowest BCUT2D eigenvalue weighted by molar-refractivity contribution is 0.214. The Bertz CT molecular complexity index is 302. The van der Waals surface area contributed by atoms with Crippen molar-refractivity contribution in [3.05, 3.63) is 0 Å². The van der Waals surface area contributed by atoms with Crippen LogP contribution < -0.4 is 5.32 Å². The van der Waals surface area contributed by atoms with E-state index < -0.39 is 0 Å². The van der Waals surface area contributed by atoms with Crippen LogP contribution in [0.1, 0.15) is 78.1 Å². The van der Waals surface area contributed by atoms with Crippen molar-refractivity contribution in [2.24, 2.45) is 0 Å². The third kappa shape index (κ3) is 7.29. The van der Waals surface area contributed by atoms with Crippen LogP contribution in [0.15, 0.2) is 0 Å². The number of nitriles is 1. The van der Waals surface area contributed by atoms with Gasteiger partial charge in [-0.2, -0.15) is 5.26 Å². The third-order valence-corrected chi connectivity index (χ3v) is 4.90. The molecule has 0 aromatic carbocycles. The van der Waals surface area contributed by atoms with E-state index in [4.69, 9.17) is 0 Å². The lowest BCUT2D eigenvalue weighted by atomic mass is 9.96. The first-order valence-electron chi connectivity index (χ1n) is 8.98. The van der Waals surface area contributed by atoms with Gasteiger partial charge in [0.25, 0.3) is 0 Å². The van der Waals surface area contributed by atoms with Crippen molar-refractivity contribution < 1.29 is 0 Å². The van der Waals surface area contributed by atoms with Crippen molar-refractivity contribution in [1.82, 2.24) is 10.2 Å². The summed E-state index contributed by atoms with van der Waals surface area (Å²) in [4.78, 5) is 2.56. The Morgan fingerprint density at radius 3 is 2.43 bits per heavy atom. The van der Waals surface area contributed by atoms with Gasteiger partial charge in [-0.25, -0.2) is 0 Å². The fourth-order valence-corrected chi connectivity index (χ4v) is 3.31. The van der Waals surface area contributed by atoms with Gasteiger partial charge in [0.05, 0.1) is 6.07 Å². The largest absolute Gasteiger partial charge is 0.303 e. The minimum absolute atomic E-state index is 0.336. The second-order valence-electron chi connectivity index (χ2n) is 6.95. The van der Waals surface area contributed by atoms with E-state index >= 15 is 0 Å². The lowest BCUT2D eigenvalue weighted by Crippen LogP contribution is -2.41. The minimum Gasteiger partial charge on any atom is -0.303 e. The molecule has 1 fully saturated rings. The summed E-state index contributed by atoms with van der Waals surface area (Å²) >= 11 is 0. The van der Waals surface area contributed by atoms with E-state index in [1.165, 1.54) is 51.5 Å². The van der Waals surface area contributed by atoms with Gasteiger partial charge in [0.15, 0.2) is 0 Å². The van der Waals surface area contributed by atoms with Gasteiger partial charge in [0, 0.05) is 6.04 Å². The molecule has 1 N–H and O–H groups in total. The molecule has 21 heavy (non-hydrogen) atoms. The zero-order chi connectivity index (χ0) is 15.6. The van der Waals surface area contributed by atoms with Crippen LogP contribution in [0.2, 0.25) is 0 Å². The monoisotopic (exact) mass is 293 g/mol. The topological polar surface area (TPSA) is 39.1 Å². The molecule has 1 atom stereocenters. The number of unbranched alkanes of at least 4 members (excludes halogenated alkanes) is 1. The normalized spacial score (nSPS) is 20.0. The molecule has 0 spiro atoms. The predicted octanol–water partition coefficient (Wildman–Crippen LogP) is 4.09. The van der Waals surface area contributed by atoms with Gasteiger partial charge in [-0.3, -0.25) is 5.32 Å². The Morgan fingerprint density at radius 1 is 1.19 bits per heavy atom. The van der Waals surface area contributed by atoms with Crippen LogP contribution in [0.3, 0.4) is 0 Å². The first kappa shape index (κ1) is 18.5. The Morgan fingerprint density at radius 2 is 1.86 bits per heavy atom. The summed E-state index contributed by atoms with van der Waals surface area (Å²) in [5, 5.41) is 12.7. The molecule has 3 heteroatoms. The molecule has 0 aromatic heterocycles. The molecule has 0 amide bonds. The predicted molar refractivity (Wildman–Crippen MR) is 90.3 cm³/mol. The maximum atomic E-state index is 9.33. The van der Waals surface area contributed by atoms with E-state index in [1.807, 2.05) is 6.92 Å². The van der Waals surface area contributed by atoms with Gasteiger partial charge in [-0.1, -0.05) is 32.6 Å². The highest BCUT2D eigenvalue weighted by Crippen LogP contribution is 2.21. The summed E-state index contributed by atoms with van der Waals surface area (Å²) in [6.07, 6.45) is 12.8. The second kappa shape index (κ2) is 10.2. The van der Waals surface area contributed by atoms with Crippen LogP contribution in [0.5, 0.6) is 0 Å². The molecule has 1 unspecified atom stereocenters. The summed E-state index contributed by atoms with van der Waals surface area (Å²) in [6.45, 7) is 6.30. The van der Waals surface area contributed by atoms with Gasteiger partial charge in [0.1, 0.15) is 5.54 Å². The van der Waals surface area contributed by atoms with Gasteiger partial charge in [-0.05, 0) is 65.6 Å². The zero-order valence-corrected chi connectivity index (χ0v) is 14.5. The highest BCUT2D eigenvalue weighted by atomic mass is 15.1. The van der Waals surface area contributed by atoms with Crippen LogP contribution in [0.25, 0.3) is 0 Å². The Labute approximate surface area is 132 Å². The summed E-state index contributed by atoms with van der Waals surface area (Å²) in [6, 6.07) is 3.25. The zero-order valence-electron chi connectivity index (χ0n) is 14.5. The van der Waals surface area contributed by atoms with Crippen molar-refractivity contribution in [3.63, 3.8) is 0 Å². The van der Waals surface area contributed by atoms with E-state index in [2.05, 4.69) is 30.3 Å². The molecule has 1 aliphatic rings. The molecule has 0 aliphatic heterocycles. The van der Waals surface area contributed by atoms with E-state index in [0.717, 1.165) is 31.8 Å². The van der Waals surface area contributed by atoms with Crippen LogP contribution in [-0.4, -0.2) is 36.6 Å².